The fraction of sp³-hybridized carbons (Fsp3) is 0.533. The van der Waals surface area contributed by atoms with Crippen molar-refractivity contribution in [1.29, 1.82) is 0 Å². The van der Waals surface area contributed by atoms with Crippen LogP contribution in [-0.2, 0) is 11.2 Å². The number of amides is 1. The molecular formula is C15H23N3O. The van der Waals surface area contributed by atoms with Crippen LogP contribution in [0.15, 0.2) is 24.3 Å². The zero-order valence-electron chi connectivity index (χ0n) is 11.3. The lowest BCUT2D eigenvalue weighted by molar-refractivity contribution is -0.120. The number of benzene rings is 1. The highest BCUT2D eigenvalue weighted by Gasteiger charge is 2.25. The Morgan fingerprint density at radius 3 is 2.89 bits per heavy atom. The Morgan fingerprint density at radius 1 is 1.32 bits per heavy atom. The number of unbranched alkanes of at least 4 members (excludes halogenated alkanes) is 1. The predicted molar refractivity (Wildman–Crippen MR) is 78.0 cm³/mol. The smallest absolute Gasteiger partial charge is 0.243 e. The summed E-state index contributed by atoms with van der Waals surface area (Å²) < 4.78 is 0. The lowest BCUT2D eigenvalue weighted by atomic mass is 10.00. The van der Waals surface area contributed by atoms with Gasteiger partial charge in [-0.2, -0.15) is 0 Å². The fourth-order valence-electron chi connectivity index (χ4n) is 2.59. The van der Waals surface area contributed by atoms with Crippen molar-refractivity contribution in [2.45, 2.75) is 38.1 Å². The predicted octanol–water partition coefficient (Wildman–Crippen LogP) is 1.42. The van der Waals surface area contributed by atoms with Crippen LogP contribution in [0.2, 0.25) is 0 Å². The first-order valence-corrected chi connectivity index (χ1v) is 7.09. The number of para-hydroxylation sites is 1. The van der Waals surface area contributed by atoms with Gasteiger partial charge in [-0.15, -0.1) is 0 Å². The summed E-state index contributed by atoms with van der Waals surface area (Å²) in [5.41, 5.74) is 13.8. The van der Waals surface area contributed by atoms with E-state index in [4.69, 9.17) is 11.5 Å². The summed E-state index contributed by atoms with van der Waals surface area (Å²) in [7, 11) is 0. The SMILES string of the molecule is NCCCC[C@H](N)C(=O)N1CCCc2ccccc21. The van der Waals surface area contributed by atoms with Gasteiger partial charge in [0.2, 0.25) is 5.91 Å². The van der Waals surface area contributed by atoms with E-state index in [0.29, 0.717) is 13.0 Å². The van der Waals surface area contributed by atoms with Gasteiger partial charge >= 0.3 is 0 Å². The Balaban J connectivity index is 2.04. The normalized spacial score (nSPS) is 16.0. The molecule has 2 rings (SSSR count). The highest BCUT2D eigenvalue weighted by molar-refractivity contribution is 5.98. The third-order valence-corrected chi connectivity index (χ3v) is 3.66. The molecule has 104 valence electrons. The van der Waals surface area contributed by atoms with Crippen LogP contribution in [0.25, 0.3) is 0 Å². The number of nitrogens with two attached hydrogens (primary N) is 2. The Morgan fingerprint density at radius 2 is 2.11 bits per heavy atom. The van der Waals surface area contributed by atoms with Gasteiger partial charge in [0.1, 0.15) is 0 Å². The maximum atomic E-state index is 12.4. The van der Waals surface area contributed by atoms with Gasteiger partial charge in [0.05, 0.1) is 6.04 Å². The van der Waals surface area contributed by atoms with E-state index in [1.807, 2.05) is 23.1 Å². The van der Waals surface area contributed by atoms with E-state index in [2.05, 4.69) is 6.07 Å². The summed E-state index contributed by atoms with van der Waals surface area (Å²) in [5.74, 6) is 0.0455. The molecule has 4 nitrogen and oxygen atoms in total. The van der Waals surface area contributed by atoms with Crippen molar-refractivity contribution in [3.8, 4) is 0 Å². The van der Waals surface area contributed by atoms with E-state index in [1.165, 1.54) is 5.56 Å². The van der Waals surface area contributed by atoms with Crippen molar-refractivity contribution in [3.63, 3.8) is 0 Å². The zero-order chi connectivity index (χ0) is 13.7. The van der Waals surface area contributed by atoms with Crippen LogP contribution in [0.1, 0.15) is 31.2 Å². The molecule has 1 heterocycles. The average Bonchev–Trinajstić information content (AvgIpc) is 2.46. The molecule has 1 amide bonds. The van der Waals surface area contributed by atoms with Crippen molar-refractivity contribution in [1.82, 2.24) is 0 Å². The second kappa shape index (κ2) is 6.68. The third kappa shape index (κ3) is 3.33. The minimum absolute atomic E-state index is 0.0455. The quantitative estimate of drug-likeness (QED) is 0.787. The number of carbonyl (C=O) groups excluding carboxylic acids is 1. The first-order valence-electron chi connectivity index (χ1n) is 7.09. The van der Waals surface area contributed by atoms with Gasteiger partial charge in [-0.1, -0.05) is 24.6 Å². The number of hydrogen-bond acceptors (Lipinski definition) is 3. The van der Waals surface area contributed by atoms with E-state index in [1.54, 1.807) is 0 Å². The number of hydrogen-bond donors (Lipinski definition) is 2. The maximum absolute atomic E-state index is 12.4. The third-order valence-electron chi connectivity index (χ3n) is 3.66. The second-order valence-corrected chi connectivity index (χ2v) is 5.11. The summed E-state index contributed by atoms with van der Waals surface area (Å²) in [6, 6.07) is 7.70. The highest BCUT2D eigenvalue weighted by atomic mass is 16.2. The van der Waals surface area contributed by atoms with Gasteiger partial charge < -0.3 is 16.4 Å². The van der Waals surface area contributed by atoms with E-state index in [9.17, 15) is 4.79 Å². The molecule has 0 saturated carbocycles. The molecule has 4 heteroatoms. The number of aryl methyl sites for hydroxylation is 1. The van der Waals surface area contributed by atoms with E-state index in [0.717, 1.165) is 37.9 Å². The molecule has 1 aromatic carbocycles. The first kappa shape index (κ1) is 14.0. The van der Waals surface area contributed by atoms with Gasteiger partial charge in [-0.3, -0.25) is 4.79 Å². The Labute approximate surface area is 114 Å². The molecular weight excluding hydrogens is 238 g/mol. The summed E-state index contributed by atoms with van der Waals surface area (Å²) in [4.78, 5) is 14.3. The lowest BCUT2D eigenvalue weighted by Crippen LogP contribution is -2.46. The van der Waals surface area contributed by atoms with Crippen LogP contribution in [-0.4, -0.2) is 25.0 Å². The van der Waals surface area contributed by atoms with E-state index < -0.39 is 6.04 Å². The standard InChI is InChI=1S/C15H23N3O/c16-10-4-3-8-13(17)15(19)18-11-5-7-12-6-1-2-9-14(12)18/h1-2,6,9,13H,3-5,7-8,10-11,16-17H2/t13-/m0/s1. The van der Waals surface area contributed by atoms with Crippen molar-refractivity contribution < 1.29 is 4.79 Å². The van der Waals surface area contributed by atoms with Gasteiger partial charge in [0.25, 0.3) is 0 Å². The molecule has 0 spiro atoms. The molecule has 0 unspecified atom stereocenters. The van der Waals surface area contributed by atoms with Crippen molar-refractivity contribution >= 4 is 11.6 Å². The molecule has 4 N–H and O–H groups in total. The summed E-state index contributed by atoms with van der Waals surface area (Å²) >= 11 is 0. The number of rotatable bonds is 5. The molecule has 1 aliphatic rings. The summed E-state index contributed by atoms with van der Waals surface area (Å²) in [6.07, 6.45) is 4.62. The summed E-state index contributed by atoms with van der Waals surface area (Å²) in [6.45, 7) is 1.44. The topological polar surface area (TPSA) is 72.3 Å². The molecule has 1 aromatic rings. The molecule has 0 saturated heterocycles. The first-order chi connectivity index (χ1) is 9.24. The van der Waals surface area contributed by atoms with Crippen LogP contribution >= 0.6 is 0 Å². The van der Waals surface area contributed by atoms with E-state index >= 15 is 0 Å². The Hall–Kier alpha value is -1.39. The van der Waals surface area contributed by atoms with Crippen LogP contribution in [0.3, 0.4) is 0 Å². The Kier molecular flexibility index (Phi) is 4.93. The van der Waals surface area contributed by atoms with Crippen molar-refractivity contribution in [3.05, 3.63) is 29.8 Å². The molecule has 1 aliphatic heterocycles. The molecule has 1 atom stereocenters. The average molecular weight is 261 g/mol. The number of anilines is 1. The molecule has 19 heavy (non-hydrogen) atoms. The monoisotopic (exact) mass is 261 g/mol. The highest BCUT2D eigenvalue weighted by Crippen LogP contribution is 2.27. The van der Waals surface area contributed by atoms with Gasteiger partial charge in [-0.05, 0) is 43.9 Å². The second-order valence-electron chi connectivity index (χ2n) is 5.11. The molecule has 0 aromatic heterocycles. The van der Waals surface area contributed by atoms with Crippen molar-refractivity contribution in [2.24, 2.45) is 11.5 Å². The van der Waals surface area contributed by atoms with Crippen molar-refractivity contribution in [2.75, 3.05) is 18.0 Å². The van der Waals surface area contributed by atoms with Crippen LogP contribution < -0.4 is 16.4 Å². The van der Waals surface area contributed by atoms with Gasteiger partial charge in [0.15, 0.2) is 0 Å². The number of fused-ring (bicyclic) bond motifs is 1. The number of carbonyl (C=O) groups is 1. The fourth-order valence-corrected chi connectivity index (χ4v) is 2.59. The maximum Gasteiger partial charge on any atom is 0.243 e. The molecule has 0 aliphatic carbocycles. The van der Waals surface area contributed by atoms with Gasteiger partial charge in [-0.25, -0.2) is 0 Å². The lowest BCUT2D eigenvalue weighted by Gasteiger charge is -2.31. The molecule has 0 fully saturated rings. The summed E-state index contributed by atoms with van der Waals surface area (Å²) in [5, 5.41) is 0. The molecule has 0 radical (unpaired) electrons. The molecule has 0 bridgehead atoms. The minimum atomic E-state index is -0.405. The van der Waals surface area contributed by atoms with Crippen LogP contribution in [0.5, 0.6) is 0 Å². The van der Waals surface area contributed by atoms with Gasteiger partial charge in [0, 0.05) is 12.2 Å². The van der Waals surface area contributed by atoms with Crippen LogP contribution in [0.4, 0.5) is 5.69 Å². The number of nitrogens with zero attached hydrogens (tertiary/aromatic N) is 1. The largest absolute Gasteiger partial charge is 0.330 e. The van der Waals surface area contributed by atoms with E-state index in [-0.39, 0.29) is 5.91 Å². The minimum Gasteiger partial charge on any atom is -0.330 e. The Bertz CT molecular complexity index is 433. The zero-order valence-corrected chi connectivity index (χ0v) is 11.3. The van der Waals surface area contributed by atoms with Crippen LogP contribution in [0, 0.1) is 0 Å².